The molecule has 0 aliphatic carbocycles. The molecule has 1 aromatic heterocycles. The van der Waals surface area contributed by atoms with Gasteiger partial charge in [-0.2, -0.15) is 0 Å². The Kier molecular flexibility index (Phi) is 6.44. The van der Waals surface area contributed by atoms with Crippen LogP contribution >= 0.6 is 15.9 Å². The van der Waals surface area contributed by atoms with Crippen LogP contribution in [0.1, 0.15) is 40.3 Å². The normalized spacial score (nSPS) is 11.7. The van der Waals surface area contributed by atoms with E-state index in [4.69, 9.17) is 9.47 Å². The first-order chi connectivity index (χ1) is 12.1. The number of hydrogen-bond acceptors (Lipinski definition) is 5. The Morgan fingerprint density at radius 2 is 1.96 bits per heavy atom. The fourth-order valence-corrected chi connectivity index (χ4v) is 2.91. The Morgan fingerprint density at radius 3 is 2.58 bits per heavy atom. The summed E-state index contributed by atoms with van der Waals surface area (Å²) in [6, 6.07) is 3.86. The lowest BCUT2D eigenvalue weighted by Crippen LogP contribution is -2.43. The Morgan fingerprint density at radius 1 is 1.27 bits per heavy atom. The third-order valence-corrected chi connectivity index (χ3v) is 4.17. The van der Waals surface area contributed by atoms with Crippen LogP contribution < -0.4 is 4.74 Å². The van der Waals surface area contributed by atoms with E-state index in [0.717, 1.165) is 21.1 Å². The molecule has 1 aromatic carbocycles. The van der Waals surface area contributed by atoms with Crippen LogP contribution in [0.5, 0.6) is 5.75 Å². The summed E-state index contributed by atoms with van der Waals surface area (Å²) in [6.45, 7) is 12.2. The van der Waals surface area contributed by atoms with Gasteiger partial charge >= 0.3 is 6.09 Å². The van der Waals surface area contributed by atoms with Gasteiger partial charge in [-0.3, -0.25) is 0 Å². The molecule has 0 atom stereocenters. The number of fused-ring (bicyclic) bond motifs is 1. The van der Waals surface area contributed by atoms with E-state index < -0.39 is 5.60 Å². The fourth-order valence-electron chi connectivity index (χ4n) is 2.47. The largest absolute Gasteiger partial charge is 0.489 e. The molecule has 7 heteroatoms. The molecule has 0 saturated heterocycles. The number of halogens is 1. The third kappa shape index (κ3) is 5.30. The molecule has 0 fully saturated rings. The fraction of sp³-hybridized carbons (Fsp3) is 0.526. The SMILES string of the molecule is Cc1ncnc2c(OCCN(C(=O)OC(C)(C)C)C(C)C)cc(Br)cc12. The number of carbonyl (C=O) groups is 1. The molecule has 6 nitrogen and oxygen atoms in total. The van der Waals surface area contributed by atoms with Crippen molar-refractivity contribution in [3.05, 3.63) is 28.6 Å². The maximum atomic E-state index is 12.4. The van der Waals surface area contributed by atoms with Crippen LogP contribution in [0.25, 0.3) is 10.9 Å². The summed E-state index contributed by atoms with van der Waals surface area (Å²) >= 11 is 3.50. The second-order valence-electron chi connectivity index (χ2n) is 7.38. The van der Waals surface area contributed by atoms with Crippen LogP contribution in [0.2, 0.25) is 0 Å². The molecule has 142 valence electrons. The summed E-state index contributed by atoms with van der Waals surface area (Å²) in [6.07, 6.45) is 1.19. The minimum atomic E-state index is -0.528. The monoisotopic (exact) mass is 423 g/mol. The zero-order chi connectivity index (χ0) is 19.5. The predicted molar refractivity (Wildman–Crippen MR) is 106 cm³/mol. The van der Waals surface area contributed by atoms with Crippen molar-refractivity contribution in [1.82, 2.24) is 14.9 Å². The Hall–Kier alpha value is -1.89. The number of nitrogens with zero attached hydrogens (tertiary/aromatic N) is 3. The van der Waals surface area contributed by atoms with E-state index in [1.807, 2.05) is 53.7 Å². The second-order valence-corrected chi connectivity index (χ2v) is 8.29. The number of carbonyl (C=O) groups excluding carboxylic acids is 1. The van der Waals surface area contributed by atoms with Gasteiger partial charge in [-0.15, -0.1) is 0 Å². The quantitative estimate of drug-likeness (QED) is 0.695. The minimum absolute atomic E-state index is 0.0114. The second kappa shape index (κ2) is 8.20. The zero-order valence-corrected chi connectivity index (χ0v) is 17.8. The van der Waals surface area contributed by atoms with Gasteiger partial charge in [-0.05, 0) is 53.7 Å². The first kappa shape index (κ1) is 20.4. The predicted octanol–water partition coefficient (Wildman–Crippen LogP) is 4.73. The first-order valence-electron chi connectivity index (χ1n) is 8.62. The van der Waals surface area contributed by atoms with Crippen molar-refractivity contribution in [3.63, 3.8) is 0 Å². The Balaban J connectivity index is 2.12. The van der Waals surface area contributed by atoms with Crippen molar-refractivity contribution in [2.75, 3.05) is 13.2 Å². The number of aromatic nitrogens is 2. The number of amides is 1. The maximum Gasteiger partial charge on any atom is 0.410 e. The minimum Gasteiger partial charge on any atom is -0.489 e. The average molecular weight is 424 g/mol. The molecule has 0 aliphatic heterocycles. The van der Waals surface area contributed by atoms with Crippen LogP contribution in [0, 0.1) is 6.92 Å². The lowest BCUT2D eigenvalue weighted by molar-refractivity contribution is 0.0165. The van der Waals surface area contributed by atoms with Crippen molar-refractivity contribution in [2.24, 2.45) is 0 Å². The van der Waals surface area contributed by atoms with Crippen molar-refractivity contribution in [3.8, 4) is 5.75 Å². The maximum absolute atomic E-state index is 12.4. The molecule has 2 rings (SSSR count). The number of benzene rings is 1. The summed E-state index contributed by atoms with van der Waals surface area (Å²) in [5, 5.41) is 0.935. The van der Waals surface area contributed by atoms with Crippen LogP contribution in [0.4, 0.5) is 4.79 Å². The lowest BCUT2D eigenvalue weighted by Gasteiger charge is -2.30. The average Bonchev–Trinajstić information content (AvgIpc) is 2.50. The highest BCUT2D eigenvalue weighted by Gasteiger charge is 2.24. The number of hydrogen-bond donors (Lipinski definition) is 0. The van der Waals surface area contributed by atoms with Crippen molar-refractivity contribution < 1.29 is 14.3 Å². The topological polar surface area (TPSA) is 64.6 Å². The summed E-state index contributed by atoms with van der Waals surface area (Å²) in [5.41, 5.74) is 1.12. The van der Waals surface area contributed by atoms with Gasteiger partial charge in [-0.1, -0.05) is 15.9 Å². The molecule has 0 unspecified atom stereocenters. The molecule has 0 N–H and O–H groups in total. The van der Waals surface area contributed by atoms with Gasteiger partial charge in [-0.25, -0.2) is 14.8 Å². The Labute approximate surface area is 163 Å². The molecule has 0 saturated carbocycles. The molecule has 2 aromatic rings. The highest BCUT2D eigenvalue weighted by Crippen LogP contribution is 2.29. The molecular weight excluding hydrogens is 398 g/mol. The smallest absolute Gasteiger partial charge is 0.410 e. The third-order valence-electron chi connectivity index (χ3n) is 3.71. The van der Waals surface area contributed by atoms with Gasteiger partial charge in [0, 0.05) is 21.6 Å². The number of rotatable bonds is 5. The molecule has 0 bridgehead atoms. The molecule has 1 amide bonds. The summed E-state index contributed by atoms with van der Waals surface area (Å²) in [4.78, 5) is 22.6. The molecule has 1 heterocycles. The molecule has 0 spiro atoms. The zero-order valence-electron chi connectivity index (χ0n) is 16.2. The lowest BCUT2D eigenvalue weighted by atomic mass is 10.2. The molecular formula is C19H26BrN3O3. The van der Waals surface area contributed by atoms with E-state index in [0.29, 0.717) is 18.9 Å². The van der Waals surface area contributed by atoms with Crippen molar-refractivity contribution >= 4 is 32.9 Å². The van der Waals surface area contributed by atoms with Crippen LogP contribution in [-0.4, -0.2) is 45.8 Å². The van der Waals surface area contributed by atoms with Crippen LogP contribution in [-0.2, 0) is 4.74 Å². The summed E-state index contributed by atoms with van der Waals surface area (Å²) in [7, 11) is 0. The van der Waals surface area contributed by atoms with Crippen molar-refractivity contribution in [1.29, 1.82) is 0 Å². The Bertz CT molecular complexity index is 787. The molecule has 0 aliphatic rings. The van der Waals surface area contributed by atoms with Gasteiger partial charge in [0.05, 0.1) is 6.54 Å². The molecule has 0 radical (unpaired) electrons. The number of aryl methyl sites for hydroxylation is 1. The number of ether oxygens (including phenoxy) is 2. The van der Waals surface area contributed by atoms with Crippen LogP contribution in [0.3, 0.4) is 0 Å². The van der Waals surface area contributed by atoms with E-state index >= 15 is 0 Å². The highest BCUT2D eigenvalue weighted by atomic mass is 79.9. The van der Waals surface area contributed by atoms with Gasteiger partial charge in [0.2, 0.25) is 0 Å². The van der Waals surface area contributed by atoms with Crippen molar-refractivity contribution in [2.45, 2.75) is 53.2 Å². The highest BCUT2D eigenvalue weighted by molar-refractivity contribution is 9.10. The van der Waals surface area contributed by atoms with E-state index in [1.165, 1.54) is 6.33 Å². The van der Waals surface area contributed by atoms with Gasteiger partial charge < -0.3 is 14.4 Å². The standard InChI is InChI=1S/C19H26BrN3O3/c1-12(2)23(18(24)26-19(4,5)6)7-8-25-16-10-14(20)9-15-13(3)21-11-22-17(15)16/h9-12H,7-8H2,1-6H3. The van der Waals surface area contributed by atoms with Gasteiger partial charge in [0.15, 0.2) is 0 Å². The first-order valence-corrected chi connectivity index (χ1v) is 9.41. The van der Waals surface area contributed by atoms with E-state index in [-0.39, 0.29) is 12.1 Å². The van der Waals surface area contributed by atoms with E-state index in [1.54, 1.807) is 4.90 Å². The van der Waals surface area contributed by atoms with Crippen LogP contribution in [0.15, 0.2) is 22.9 Å². The molecule has 26 heavy (non-hydrogen) atoms. The summed E-state index contributed by atoms with van der Waals surface area (Å²) in [5.74, 6) is 0.660. The van der Waals surface area contributed by atoms with Gasteiger partial charge in [0.1, 0.15) is 29.8 Å². The summed E-state index contributed by atoms with van der Waals surface area (Å²) < 4.78 is 12.3. The van der Waals surface area contributed by atoms with E-state index in [2.05, 4.69) is 25.9 Å². The van der Waals surface area contributed by atoms with Gasteiger partial charge in [0.25, 0.3) is 0 Å². The van der Waals surface area contributed by atoms with E-state index in [9.17, 15) is 4.79 Å².